The SMILES string of the molecule is Cl.Cl.O=C(NC1CCNCC1)c1ccc(S(=O)(=O)Nc2ccncc2)cc1. The standard InChI is InChI=1S/C17H20N4O3S.2ClH/c22-17(20-14-5-9-18-10-6-14)13-1-3-16(4-2-13)25(23,24)21-15-7-11-19-12-8-15;;/h1-4,7-8,11-12,14,18H,5-6,9-10H2,(H,19,21)(H,20,22);2*1H. The second-order valence-electron chi connectivity index (χ2n) is 5.86. The Hall–Kier alpha value is -1.87. The van der Waals surface area contributed by atoms with Gasteiger partial charge in [0.25, 0.3) is 15.9 Å². The number of carbonyl (C=O) groups is 1. The number of halogens is 2. The Morgan fingerprint density at radius 1 is 1.00 bits per heavy atom. The topological polar surface area (TPSA) is 100 Å². The summed E-state index contributed by atoms with van der Waals surface area (Å²) in [6, 6.07) is 9.21. The number of amides is 1. The molecule has 0 atom stereocenters. The lowest BCUT2D eigenvalue weighted by Crippen LogP contribution is -2.42. The van der Waals surface area contributed by atoms with Crippen LogP contribution in [-0.4, -0.2) is 38.4 Å². The fraction of sp³-hybridized carbons (Fsp3) is 0.294. The van der Waals surface area contributed by atoms with E-state index in [2.05, 4.69) is 20.3 Å². The Balaban J connectivity index is 0.00000182. The fourth-order valence-electron chi connectivity index (χ4n) is 2.65. The fourth-order valence-corrected chi connectivity index (χ4v) is 3.71. The van der Waals surface area contributed by atoms with Crippen LogP contribution in [0.3, 0.4) is 0 Å². The zero-order chi connectivity index (χ0) is 17.7. The Labute approximate surface area is 171 Å². The maximum Gasteiger partial charge on any atom is 0.261 e. The van der Waals surface area contributed by atoms with Gasteiger partial charge in [-0.15, -0.1) is 24.8 Å². The molecule has 0 saturated carbocycles. The molecular formula is C17H22Cl2N4O3S. The van der Waals surface area contributed by atoms with Crippen LogP contribution in [0.25, 0.3) is 0 Å². The Bertz CT molecular complexity index is 827. The smallest absolute Gasteiger partial charge is 0.261 e. The minimum atomic E-state index is -3.70. The van der Waals surface area contributed by atoms with E-state index in [1.165, 1.54) is 36.7 Å². The number of piperidine rings is 1. The molecule has 27 heavy (non-hydrogen) atoms. The number of hydrogen-bond donors (Lipinski definition) is 3. The van der Waals surface area contributed by atoms with Crippen LogP contribution in [0.1, 0.15) is 23.2 Å². The van der Waals surface area contributed by atoms with Gasteiger partial charge in [0.2, 0.25) is 0 Å². The van der Waals surface area contributed by atoms with E-state index in [4.69, 9.17) is 0 Å². The molecule has 2 heterocycles. The lowest BCUT2D eigenvalue weighted by molar-refractivity contribution is 0.0929. The first kappa shape index (κ1) is 23.2. The van der Waals surface area contributed by atoms with Crippen molar-refractivity contribution >= 4 is 46.4 Å². The highest BCUT2D eigenvalue weighted by molar-refractivity contribution is 7.92. The molecule has 0 unspecified atom stereocenters. The van der Waals surface area contributed by atoms with E-state index < -0.39 is 10.0 Å². The summed E-state index contributed by atoms with van der Waals surface area (Å²) >= 11 is 0. The lowest BCUT2D eigenvalue weighted by Gasteiger charge is -2.23. The summed E-state index contributed by atoms with van der Waals surface area (Å²) < 4.78 is 27.2. The number of hydrogen-bond acceptors (Lipinski definition) is 5. The van der Waals surface area contributed by atoms with Crippen LogP contribution in [0, 0.1) is 0 Å². The van der Waals surface area contributed by atoms with Crippen molar-refractivity contribution < 1.29 is 13.2 Å². The van der Waals surface area contributed by atoms with Crippen molar-refractivity contribution in [1.29, 1.82) is 0 Å². The summed E-state index contributed by atoms with van der Waals surface area (Å²) in [5.41, 5.74) is 0.879. The quantitative estimate of drug-likeness (QED) is 0.672. The van der Waals surface area contributed by atoms with E-state index in [-0.39, 0.29) is 41.7 Å². The Morgan fingerprint density at radius 2 is 1.59 bits per heavy atom. The van der Waals surface area contributed by atoms with Gasteiger partial charge < -0.3 is 10.6 Å². The first-order valence-electron chi connectivity index (χ1n) is 8.09. The number of nitrogens with one attached hydrogen (secondary N) is 3. The number of sulfonamides is 1. The Kier molecular flexibility index (Phi) is 8.98. The van der Waals surface area contributed by atoms with E-state index in [1.807, 2.05) is 0 Å². The van der Waals surface area contributed by atoms with Crippen molar-refractivity contribution in [3.8, 4) is 0 Å². The number of nitrogens with zero attached hydrogens (tertiary/aromatic N) is 1. The number of rotatable bonds is 5. The van der Waals surface area contributed by atoms with Crippen LogP contribution < -0.4 is 15.4 Å². The Morgan fingerprint density at radius 3 is 2.19 bits per heavy atom. The van der Waals surface area contributed by atoms with Gasteiger partial charge in [0.1, 0.15) is 0 Å². The summed E-state index contributed by atoms with van der Waals surface area (Å²) in [4.78, 5) is 16.2. The third-order valence-electron chi connectivity index (χ3n) is 4.03. The van der Waals surface area contributed by atoms with Crippen molar-refractivity contribution in [3.63, 3.8) is 0 Å². The number of aromatic nitrogens is 1. The van der Waals surface area contributed by atoms with Gasteiger partial charge in [0.15, 0.2) is 0 Å². The molecule has 1 aliphatic rings. The molecule has 3 N–H and O–H groups in total. The van der Waals surface area contributed by atoms with Crippen LogP contribution in [0.2, 0.25) is 0 Å². The molecule has 3 rings (SSSR count). The average Bonchev–Trinajstić information content (AvgIpc) is 2.63. The van der Waals surface area contributed by atoms with Crippen LogP contribution in [0.4, 0.5) is 5.69 Å². The zero-order valence-corrected chi connectivity index (χ0v) is 16.9. The van der Waals surface area contributed by atoms with E-state index in [0.717, 1.165) is 25.9 Å². The number of carbonyl (C=O) groups excluding carboxylic acids is 1. The molecular weight excluding hydrogens is 411 g/mol. The van der Waals surface area contributed by atoms with Crippen molar-refractivity contribution in [2.75, 3.05) is 17.8 Å². The summed E-state index contributed by atoms with van der Waals surface area (Å²) in [5, 5.41) is 6.23. The van der Waals surface area contributed by atoms with Gasteiger partial charge in [-0.3, -0.25) is 14.5 Å². The first-order chi connectivity index (χ1) is 12.0. The first-order valence-corrected chi connectivity index (χ1v) is 9.57. The predicted octanol–water partition coefficient (Wildman–Crippen LogP) is 2.21. The van der Waals surface area contributed by atoms with Crippen LogP contribution in [-0.2, 0) is 10.0 Å². The highest BCUT2D eigenvalue weighted by Crippen LogP contribution is 2.16. The molecule has 1 aromatic heterocycles. The maximum atomic E-state index is 12.4. The number of anilines is 1. The molecule has 0 bridgehead atoms. The minimum Gasteiger partial charge on any atom is -0.349 e. The second kappa shape index (κ2) is 10.5. The molecule has 1 aromatic carbocycles. The molecule has 1 fully saturated rings. The second-order valence-corrected chi connectivity index (χ2v) is 7.55. The van der Waals surface area contributed by atoms with Gasteiger partial charge in [-0.25, -0.2) is 8.42 Å². The van der Waals surface area contributed by atoms with Gasteiger partial charge in [-0.1, -0.05) is 0 Å². The summed E-state index contributed by atoms with van der Waals surface area (Å²) in [7, 11) is -3.70. The molecule has 0 spiro atoms. The summed E-state index contributed by atoms with van der Waals surface area (Å²) in [6.45, 7) is 1.78. The van der Waals surface area contributed by atoms with Gasteiger partial charge in [-0.05, 0) is 62.3 Å². The normalized spacial score (nSPS) is 14.4. The van der Waals surface area contributed by atoms with Crippen molar-refractivity contribution in [1.82, 2.24) is 15.6 Å². The average molecular weight is 433 g/mol. The van der Waals surface area contributed by atoms with Crippen molar-refractivity contribution in [2.45, 2.75) is 23.8 Å². The molecule has 10 heteroatoms. The third kappa shape index (κ3) is 6.35. The molecule has 0 aliphatic carbocycles. The van der Waals surface area contributed by atoms with Gasteiger partial charge in [0.05, 0.1) is 10.6 Å². The monoisotopic (exact) mass is 432 g/mol. The van der Waals surface area contributed by atoms with Crippen molar-refractivity contribution in [3.05, 3.63) is 54.4 Å². The molecule has 0 radical (unpaired) electrons. The molecule has 2 aromatic rings. The van der Waals surface area contributed by atoms with Crippen LogP contribution in [0.15, 0.2) is 53.7 Å². The number of pyridine rings is 1. The largest absolute Gasteiger partial charge is 0.349 e. The molecule has 1 amide bonds. The zero-order valence-electron chi connectivity index (χ0n) is 14.4. The highest BCUT2D eigenvalue weighted by Gasteiger charge is 2.18. The van der Waals surface area contributed by atoms with Crippen LogP contribution >= 0.6 is 24.8 Å². The minimum absolute atomic E-state index is 0. The van der Waals surface area contributed by atoms with E-state index >= 15 is 0 Å². The van der Waals surface area contributed by atoms with E-state index in [0.29, 0.717) is 11.3 Å². The van der Waals surface area contributed by atoms with Gasteiger partial charge >= 0.3 is 0 Å². The van der Waals surface area contributed by atoms with E-state index in [9.17, 15) is 13.2 Å². The molecule has 1 saturated heterocycles. The highest BCUT2D eigenvalue weighted by atomic mass is 35.5. The summed E-state index contributed by atoms with van der Waals surface area (Å²) in [5.74, 6) is -0.182. The molecule has 148 valence electrons. The van der Waals surface area contributed by atoms with Crippen molar-refractivity contribution in [2.24, 2.45) is 0 Å². The lowest BCUT2D eigenvalue weighted by atomic mass is 10.1. The van der Waals surface area contributed by atoms with Crippen LogP contribution in [0.5, 0.6) is 0 Å². The molecule has 7 nitrogen and oxygen atoms in total. The number of benzene rings is 1. The van der Waals surface area contributed by atoms with Gasteiger partial charge in [0, 0.05) is 24.0 Å². The summed E-state index contributed by atoms with van der Waals surface area (Å²) in [6.07, 6.45) is 4.81. The molecule has 1 aliphatic heterocycles. The third-order valence-corrected chi connectivity index (χ3v) is 5.43. The van der Waals surface area contributed by atoms with Gasteiger partial charge in [-0.2, -0.15) is 0 Å². The maximum absolute atomic E-state index is 12.4. The predicted molar refractivity (Wildman–Crippen MR) is 109 cm³/mol. The van der Waals surface area contributed by atoms with E-state index in [1.54, 1.807) is 12.1 Å².